The molecule has 0 spiro atoms. The van der Waals surface area contributed by atoms with Crippen LogP contribution >= 0.6 is 0 Å². The lowest BCUT2D eigenvalue weighted by molar-refractivity contribution is -0.144. The molecule has 1 aromatic rings. The predicted octanol–water partition coefficient (Wildman–Crippen LogP) is 1.51. The number of carbonyl (C=O) groups is 1. The summed E-state index contributed by atoms with van der Waals surface area (Å²) in [7, 11) is 0. The van der Waals surface area contributed by atoms with Gasteiger partial charge in [0.2, 0.25) is 0 Å². The van der Waals surface area contributed by atoms with Crippen LogP contribution in [0.25, 0.3) is 0 Å². The van der Waals surface area contributed by atoms with Crippen LogP contribution in [-0.4, -0.2) is 55.1 Å². The lowest BCUT2D eigenvalue weighted by Gasteiger charge is -2.34. The molecule has 0 radical (unpaired) electrons. The van der Waals surface area contributed by atoms with Gasteiger partial charge in [-0.2, -0.15) is 0 Å². The number of piperazine rings is 1. The number of nitrogens with zero attached hydrogens (tertiary/aromatic N) is 2. The minimum atomic E-state index is -0.201. The Kier molecular flexibility index (Phi) is 5.49. The average Bonchev–Trinajstić information content (AvgIpc) is 2.44. The molecule has 1 aromatic carbocycles. The van der Waals surface area contributed by atoms with Gasteiger partial charge < -0.3 is 4.74 Å². The summed E-state index contributed by atoms with van der Waals surface area (Å²) in [6, 6.07) is 6.62. The van der Waals surface area contributed by atoms with E-state index in [2.05, 4.69) is 9.80 Å². The van der Waals surface area contributed by atoms with Crippen molar-refractivity contribution < 1.29 is 13.9 Å². The van der Waals surface area contributed by atoms with Gasteiger partial charge in [0.05, 0.1) is 13.2 Å². The minimum Gasteiger partial charge on any atom is -0.465 e. The maximum absolute atomic E-state index is 12.8. The Morgan fingerprint density at radius 2 is 1.75 bits per heavy atom. The second kappa shape index (κ2) is 7.36. The molecule has 110 valence electrons. The van der Waals surface area contributed by atoms with Gasteiger partial charge in [-0.15, -0.1) is 0 Å². The van der Waals surface area contributed by atoms with Crippen LogP contribution in [0, 0.1) is 5.82 Å². The second-order valence-corrected chi connectivity index (χ2v) is 4.98. The summed E-state index contributed by atoms with van der Waals surface area (Å²) in [6.45, 7) is 7.00. The standard InChI is InChI=1S/C15H21FN2O2/c1-2-20-15(19)12-18-9-7-17(8-10-18)11-13-3-5-14(16)6-4-13/h3-6H,2,7-12H2,1H3. The highest BCUT2D eigenvalue weighted by molar-refractivity contribution is 5.71. The van der Waals surface area contributed by atoms with Gasteiger partial charge in [-0.25, -0.2) is 4.39 Å². The maximum atomic E-state index is 12.8. The molecule has 0 unspecified atom stereocenters. The van der Waals surface area contributed by atoms with Gasteiger partial charge in [0.15, 0.2) is 0 Å². The molecular formula is C15H21FN2O2. The Morgan fingerprint density at radius 1 is 1.15 bits per heavy atom. The first-order chi connectivity index (χ1) is 9.67. The van der Waals surface area contributed by atoms with Gasteiger partial charge in [0, 0.05) is 32.7 Å². The van der Waals surface area contributed by atoms with E-state index in [-0.39, 0.29) is 11.8 Å². The van der Waals surface area contributed by atoms with E-state index in [9.17, 15) is 9.18 Å². The van der Waals surface area contributed by atoms with Gasteiger partial charge in [-0.05, 0) is 24.6 Å². The van der Waals surface area contributed by atoms with Crippen molar-refractivity contribution in [2.75, 3.05) is 39.3 Å². The van der Waals surface area contributed by atoms with Crippen molar-refractivity contribution >= 4 is 5.97 Å². The summed E-state index contributed by atoms with van der Waals surface area (Å²) in [5.41, 5.74) is 1.12. The molecule has 20 heavy (non-hydrogen) atoms. The van der Waals surface area contributed by atoms with Crippen molar-refractivity contribution in [3.05, 3.63) is 35.6 Å². The normalized spacial score (nSPS) is 17.1. The fourth-order valence-corrected chi connectivity index (χ4v) is 2.34. The zero-order valence-corrected chi connectivity index (χ0v) is 11.8. The van der Waals surface area contributed by atoms with E-state index < -0.39 is 0 Å². The number of hydrogen-bond donors (Lipinski definition) is 0. The Hall–Kier alpha value is -1.46. The average molecular weight is 280 g/mol. The summed E-state index contributed by atoms with van der Waals surface area (Å²) < 4.78 is 17.8. The van der Waals surface area contributed by atoms with Crippen LogP contribution in [0.15, 0.2) is 24.3 Å². The Morgan fingerprint density at radius 3 is 2.35 bits per heavy atom. The van der Waals surface area contributed by atoms with Gasteiger partial charge in [0.1, 0.15) is 5.82 Å². The quantitative estimate of drug-likeness (QED) is 0.765. The van der Waals surface area contributed by atoms with Crippen LogP contribution in [0.5, 0.6) is 0 Å². The van der Waals surface area contributed by atoms with Gasteiger partial charge in [-0.3, -0.25) is 14.6 Å². The van der Waals surface area contributed by atoms with Crippen LogP contribution in [0.3, 0.4) is 0 Å². The molecule has 0 N–H and O–H groups in total. The largest absolute Gasteiger partial charge is 0.465 e. The number of rotatable bonds is 5. The maximum Gasteiger partial charge on any atom is 0.320 e. The Bertz CT molecular complexity index is 428. The van der Waals surface area contributed by atoms with Crippen LogP contribution in [-0.2, 0) is 16.1 Å². The molecule has 0 bridgehead atoms. The molecule has 0 amide bonds. The topological polar surface area (TPSA) is 32.8 Å². The number of hydrogen-bond acceptors (Lipinski definition) is 4. The lowest BCUT2D eigenvalue weighted by atomic mass is 10.2. The van der Waals surface area contributed by atoms with E-state index in [1.807, 2.05) is 19.1 Å². The molecule has 5 heteroatoms. The van der Waals surface area contributed by atoms with Crippen LogP contribution < -0.4 is 0 Å². The van der Waals surface area contributed by atoms with Gasteiger partial charge >= 0.3 is 5.97 Å². The number of halogens is 1. The monoisotopic (exact) mass is 280 g/mol. The third kappa shape index (κ3) is 4.58. The summed E-state index contributed by atoms with van der Waals surface area (Å²) >= 11 is 0. The fourth-order valence-electron chi connectivity index (χ4n) is 2.34. The molecule has 0 saturated carbocycles. The summed E-state index contributed by atoms with van der Waals surface area (Å²) in [5, 5.41) is 0. The second-order valence-electron chi connectivity index (χ2n) is 4.98. The molecule has 1 saturated heterocycles. The number of ether oxygens (including phenoxy) is 1. The molecule has 0 aromatic heterocycles. The van der Waals surface area contributed by atoms with Crippen molar-refractivity contribution in [3.63, 3.8) is 0 Å². The van der Waals surface area contributed by atoms with Crippen molar-refractivity contribution in [1.29, 1.82) is 0 Å². The number of carbonyl (C=O) groups excluding carboxylic acids is 1. The summed E-state index contributed by atoms with van der Waals surface area (Å²) in [6.07, 6.45) is 0. The first kappa shape index (κ1) is 14.9. The molecule has 2 rings (SSSR count). The van der Waals surface area contributed by atoms with Gasteiger partial charge in [-0.1, -0.05) is 12.1 Å². The highest BCUT2D eigenvalue weighted by atomic mass is 19.1. The van der Waals surface area contributed by atoms with E-state index in [1.165, 1.54) is 12.1 Å². The van der Waals surface area contributed by atoms with E-state index in [1.54, 1.807) is 0 Å². The zero-order chi connectivity index (χ0) is 14.4. The highest BCUT2D eigenvalue weighted by Crippen LogP contribution is 2.09. The van der Waals surface area contributed by atoms with E-state index in [0.29, 0.717) is 13.2 Å². The first-order valence-electron chi connectivity index (χ1n) is 7.02. The predicted molar refractivity (Wildman–Crippen MR) is 74.8 cm³/mol. The minimum absolute atomic E-state index is 0.153. The molecule has 4 nitrogen and oxygen atoms in total. The highest BCUT2D eigenvalue weighted by Gasteiger charge is 2.19. The molecule has 0 aliphatic carbocycles. The van der Waals surface area contributed by atoms with Crippen molar-refractivity contribution in [1.82, 2.24) is 9.80 Å². The first-order valence-corrected chi connectivity index (χ1v) is 7.02. The van der Waals surface area contributed by atoms with Crippen LogP contribution in [0.4, 0.5) is 4.39 Å². The third-order valence-corrected chi connectivity index (χ3v) is 3.44. The Balaban J connectivity index is 1.74. The van der Waals surface area contributed by atoms with Crippen molar-refractivity contribution in [3.8, 4) is 0 Å². The van der Waals surface area contributed by atoms with E-state index >= 15 is 0 Å². The van der Waals surface area contributed by atoms with Crippen LogP contribution in [0.1, 0.15) is 12.5 Å². The van der Waals surface area contributed by atoms with Crippen molar-refractivity contribution in [2.45, 2.75) is 13.5 Å². The molecule has 1 heterocycles. The van der Waals surface area contributed by atoms with Crippen LogP contribution in [0.2, 0.25) is 0 Å². The third-order valence-electron chi connectivity index (χ3n) is 3.44. The van der Waals surface area contributed by atoms with E-state index in [0.717, 1.165) is 38.3 Å². The SMILES string of the molecule is CCOC(=O)CN1CCN(Cc2ccc(F)cc2)CC1. The number of benzene rings is 1. The summed E-state index contributed by atoms with van der Waals surface area (Å²) in [4.78, 5) is 15.8. The molecule has 1 aliphatic rings. The Labute approximate surface area is 119 Å². The van der Waals surface area contributed by atoms with E-state index in [4.69, 9.17) is 4.74 Å². The number of esters is 1. The van der Waals surface area contributed by atoms with Gasteiger partial charge in [0.25, 0.3) is 0 Å². The fraction of sp³-hybridized carbons (Fsp3) is 0.533. The molecular weight excluding hydrogens is 259 g/mol. The molecule has 1 aliphatic heterocycles. The molecule has 0 atom stereocenters. The smallest absolute Gasteiger partial charge is 0.320 e. The van der Waals surface area contributed by atoms with Crippen molar-refractivity contribution in [2.24, 2.45) is 0 Å². The lowest BCUT2D eigenvalue weighted by Crippen LogP contribution is -2.47. The zero-order valence-electron chi connectivity index (χ0n) is 11.8. The summed E-state index contributed by atoms with van der Waals surface area (Å²) in [5.74, 6) is -0.354. The molecule has 1 fully saturated rings.